The van der Waals surface area contributed by atoms with Crippen LogP contribution in [0.15, 0.2) is 47.6 Å². The minimum absolute atomic E-state index is 0.297. The average molecular weight is 199 g/mol. The van der Waals surface area contributed by atoms with E-state index in [0.717, 1.165) is 17.0 Å². The highest BCUT2D eigenvalue weighted by Crippen LogP contribution is 2.18. The van der Waals surface area contributed by atoms with Crippen LogP contribution in [0.1, 0.15) is 10.4 Å². The second kappa shape index (κ2) is 3.92. The maximum Gasteiger partial charge on any atom is 0.207 e. The molecule has 0 spiro atoms. The molecule has 0 fully saturated rings. The molecule has 1 N–H and O–H groups in total. The van der Waals surface area contributed by atoms with Gasteiger partial charge in [0.2, 0.25) is 5.78 Å². The summed E-state index contributed by atoms with van der Waals surface area (Å²) in [5, 5.41) is 12.9. The zero-order valence-electron chi connectivity index (χ0n) is 7.92. The van der Waals surface area contributed by atoms with Crippen LogP contribution in [0.25, 0.3) is 10.8 Å². The molecule has 0 aliphatic carbocycles. The molecule has 0 amide bonds. The molecule has 0 aliphatic heterocycles. The molecule has 0 unspecified atom stereocenters. The number of ketones is 1. The lowest BCUT2D eigenvalue weighted by molar-refractivity contribution is 0.106. The lowest BCUT2D eigenvalue weighted by Crippen LogP contribution is -2.00. The first kappa shape index (κ1) is 9.40. The van der Waals surface area contributed by atoms with Gasteiger partial charge in [0.1, 0.15) is 6.21 Å². The van der Waals surface area contributed by atoms with Crippen molar-refractivity contribution >= 4 is 22.8 Å². The topological polar surface area (TPSA) is 49.7 Å². The van der Waals surface area contributed by atoms with Crippen molar-refractivity contribution in [2.45, 2.75) is 0 Å². The minimum atomic E-state index is -0.297. The van der Waals surface area contributed by atoms with Gasteiger partial charge in [-0.15, -0.1) is 0 Å². The Morgan fingerprint density at radius 2 is 1.87 bits per heavy atom. The monoisotopic (exact) mass is 199 g/mol. The quantitative estimate of drug-likeness (QED) is 0.349. The number of hydrogen-bond acceptors (Lipinski definition) is 3. The van der Waals surface area contributed by atoms with Gasteiger partial charge in [-0.2, -0.15) is 0 Å². The highest BCUT2D eigenvalue weighted by molar-refractivity contribution is 6.38. The summed E-state index contributed by atoms with van der Waals surface area (Å²) in [6, 6.07) is 13.0. The molecular formula is C12H9NO2. The number of Topliss-reactive ketones (excluding diaryl/α,β-unsaturated/α-hetero) is 1. The van der Waals surface area contributed by atoms with E-state index in [2.05, 4.69) is 5.16 Å². The molecule has 3 heteroatoms. The van der Waals surface area contributed by atoms with Crippen molar-refractivity contribution < 1.29 is 10.0 Å². The smallest absolute Gasteiger partial charge is 0.207 e. The largest absolute Gasteiger partial charge is 0.411 e. The summed E-state index contributed by atoms with van der Waals surface area (Å²) in [7, 11) is 0. The number of oxime groups is 1. The van der Waals surface area contributed by atoms with Gasteiger partial charge in [0.05, 0.1) is 0 Å². The zero-order chi connectivity index (χ0) is 10.7. The van der Waals surface area contributed by atoms with Crippen LogP contribution in [0, 0.1) is 0 Å². The maximum atomic E-state index is 11.5. The Hall–Kier alpha value is -2.16. The molecule has 3 nitrogen and oxygen atoms in total. The van der Waals surface area contributed by atoms with Crippen molar-refractivity contribution in [2.24, 2.45) is 5.16 Å². The van der Waals surface area contributed by atoms with Crippen molar-refractivity contribution in [2.75, 3.05) is 0 Å². The van der Waals surface area contributed by atoms with Crippen LogP contribution < -0.4 is 0 Å². The van der Waals surface area contributed by atoms with E-state index in [1.54, 1.807) is 12.1 Å². The first-order valence-electron chi connectivity index (χ1n) is 4.52. The molecule has 0 saturated heterocycles. The Balaban J connectivity index is 2.65. The molecular weight excluding hydrogens is 190 g/mol. The summed E-state index contributed by atoms with van der Waals surface area (Å²) >= 11 is 0. The van der Waals surface area contributed by atoms with E-state index in [1.165, 1.54) is 0 Å². The average Bonchev–Trinajstić information content (AvgIpc) is 2.28. The molecule has 0 saturated carbocycles. The van der Waals surface area contributed by atoms with E-state index in [9.17, 15) is 4.79 Å². The fourth-order valence-electron chi connectivity index (χ4n) is 1.56. The van der Waals surface area contributed by atoms with E-state index in [1.807, 2.05) is 30.3 Å². The molecule has 0 heterocycles. The number of hydrogen-bond donors (Lipinski definition) is 1. The molecule has 2 rings (SSSR count). The number of carbonyl (C=O) groups excluding carboxylic acids is 1. The van der Waals surface area contributed by atoms with Crippen molar-refractivity contribution in [3.05, 3.63) is 48.0 Å². The van der Waals surface area contributed by atoms with Crippen LogP contribution in [0.5, 0.6) is 0 Å². The van der Waals surface area contributed by atoms with Crippen molar-refractivity contribution in [1.29, 1.82) is 0 Å². The van der Waals surface area contributed by atoms with Crippen molar-refractivity contribution in [3.63, 3.8) is 0 Å². The zero-order valence-corrected chi connectivity index (χ0v) is 7.92. The molecule has 0 aliphatic rings. The number of benzene rings is 2. The Labute approximate surface area is 86.6 Å². The molecule has 0 radical (unpaired) electrons. The Bertz CT molecular complexity index is 527. The van der Waals surface area contributed by atoms with Crippen LogP contribution >= 0.6 is 0 Å². The van der Waals surface area contributed by atoms with Gasteiger partial charge in [-0.1, -0.05) is 47.6 Å². The second-order valence-electron chi connectivity index (χ2n) is 3.14. The third-order valence-corrected chi connectivity index (χ3v) is 2.23. The van der Waals surface area contributed by atoms with E-state index in [4.69, 9.17) is 5.21 Å². The van der Waals surface area contributed by atoms with Gasteiger partial charge in [-0.05, 0) is 10.8 Å². The number of carbonyl (C=O) groups is 1. The fourth-order valence-corrected chi connectivity index (χ4v) is 1.56. The minimum Gasteiger partial charge on any atom is -0.411 e. The van der Waals surface area contributed by atoms with E-state index in [-0.39, 0.29) is 5.78 Å². The molecule has 0 atom stereocenters. The van der Waals surface area contributed by atoms with E-state index in [0.29, 0.717) is 5.56 Å². The third kappa shape index (κ3) is 1.72. The molecule has 0 bridgehead atoms. The van der Waals surface area contributed by atoms with Gasteiger partial charge < -0.3 is 5.21 Å². The maximum absolute atomic E-state index is 11.5. The summed E-state index contributed by atoms with van der Waals surface area (Å²) < 4.78 is 0. The van der Waals surface area contributed by atoms with Gasteiger partial charge in [-0.25, -0.2) is 0 Å². The molecule has 2 aromatic rings. The van der Waals surface area contributed by atoms with Gasteiger partial charge in [-0.3, -0.25) is 4.79 Å². The summed E-state index contributed by atoms with van der Waals surface area (Å²) in [5.74, 6) is -0.297. The predicted octanol–water partition coefficient (Wildman–Crippen LogP) is 2.48. The second-order valence-corrected chi connectivity index (χ2v) is 3.14. The van der Waals surface area contributed by atoms with Crippen molar-refractivity contribution in [3.8, 4) is 0 Å². The van der Waals surface area contributed by atoms with Crippen LogP contribution in [-0.4, -0.2) is 17.2 Å². The first-order valence-corrected chi connectivity index (χ1v) is 4.52. The predicted molar refractivity (Wildman–Crippen MR) is 58.6 cm³/mol. The first-order chi connectivity index (χ1) is 7.33. The molecule has 2 aromatic carbocycles. The lowest BCUT2D eigenvalue weighted by Gasteiger charge is -2.01. The van der Waals surface area contributed by atoms with E-state index < -0.39 is 0 Å². The standard InChI is InChI=1S/C12H9NO2/c14-12(8-13-15)11-7-3-5-9-4-1-2-6-10(9)11/h1-8,15H/b13-8+. The number of rotatable bonds is 2. The van der Waals surface area contributed by atoms with Crippen LogP contribution in [0.2, 0.25) is 0 Å². The van der Waals surface area contributed by atoms with Gasteiger partial charge in [0.25, 0.3) is 0 Å². The summed E-state index contributed by atoms with van der Waals surface area (Å²) in [5.41, 5.74) is 0.547. The van der Waals surface area contributed by atoms with Gasteiger partial charge in [0, 0.05) is 5.56 Å². The highest BCUT2D eigenvalue weighted by Gasteiger charge is 2.06. The Morgan fingerprint density at radius 3 is 2.67 bits per heavy atom. The number of nitrogens with zero attached hydrogens (tertiary/aromatic N) is 1. The van der Waals surface area contributed by atoms with Crippen LogP contribution in [0.3, 0.4) is 0 Å². The molecule has 15 heavy (non-hydrogen) atoms. The molecule has 0 aromatic heterocycles. The SMILES string of the molecule is O=C(/C=N/O)c1cccc2ccccc12. The Morgan fingerprint density at radius 1 is 1.13 bits per heavy atom. The third-order valence-electron chi connectivity index (χ3n) is 2.23. The summed E-state index contributed by atoms with van der Waals surface area (Å²) in [6.45, 7) is 0. The fraction of sp³-hybridized carbons (Fsp3) is 0. The summed E-state index contributed by atoms with van der Waals surface area (Å²) in [4.78, 5) is 11.5. The molecule has 74 valence electrons. The normalized spacial score (nSPS) is 10.9. The van der Waals surface area contributed by atoms with Crippen LogP contribution in [-0.2, 0) is 0 Å². The van der Waals surface area contributed by atoms with Crippen molar-refractivity contribution in [1.82, 2.24) is 0 Å². The highest BCUT2D eigenvalue weighted by atomic mass is 16.4. The Kier molecular flexibility index (Phi) is 2.46. The van der Waals surface area contributed by atoms with Gasteiger partial charge >= 0.3 is 0 Å². The van der Waals surface area contributed by atoms with Crippen LogP contribution in [0.4, 0.5) is 0 Å². The van der Waals surface area contributed by atoms with E-state index >= 15 is 0 Å². The number of fused-ring (bicyclic) bond motifs is 1. The lowest BCUT2D eigenvalue weighted by atomic mass is 10.0. The summed E-state index contributed by atoms with van der Waals surface area (Å²) in [6.07, 6.45) is 0.905. The van der Waals surface area contributed by atoms with Gasteiger partial charge in [0.15, 0.2) is 0 Å².